The minimum absolute atomic E-state index is 0.226. The maximum atomic E-state index is 13.3. The summed E-state index contributed by atoms with van der Waals surface area (Å²) in [5.74, 6) is 1.36. The normalized spacial score (nSPS) is 21.3. The molecule has 0 spiro atoms. The number of sulfonamides is 1. The molecule has 0 radical (unpaired) electrons. The van der Waals surface area contributed by atoms with Crippen LogP contribution >= 0.6 is 0 Å². The van der Waals surface area contributed by atoms with Gasteiger partial charge in [-0.25, -0.2) is 8.42 Å². The molecule has 27 heavy (non-hydrogen) atoms. The molecular weight excluding hydrogens is 362 g/mol. The van der Waals surface area contributed by atoms with E-state index in [9.17, 15) is 8.42 Å². The monoisotopic (exact) mass is 387 g/mol. The smallest absolute Gasteiger partial charge is 0.243 e. The third-order valence-corrected chi connectivity index (χ3v) is 7.12. The maximum Gasteiger partial charge on any atom is 0.243 e. The summed E-state index contributed by atoms with van der Waals surface area (Å²) in [6, 6.07) is 15.2. The summed E-state index contributed by atoms with van der Waals surface area (Å²) in [7, 11) is -3.57. The number of hydrogen-bond acceptors (Lipinski definition) is 4. The number of benzene rings is 2. The van der Waals surface area contributed by atoms with E-state index in [1.54, 1.807) is 22.5 Å². The Balaban J connectivity index is 1.61. The third kappa shape index (κ3) is 3.96. The molecule has 0 N–H and O–H groups in total. The summed E-state index contributed by atoms with van der Waals surface area (Å²) in [5.41, 5.74) is 1.21. The lowest BCUT2D eigenvalue weighted by atomic mass is 9.95. The molecule has 1 unspecified atom stereocenters. The molecule has 2 aliphatic heterocycles. The van der Waals surface area contributed by atoms with Crippen molar-refractivity contribution in [3.8, 4) is 11.5 Å². The van der Waals surface area contributed by atoms with Crippen molar-refractivity contribution < 1.29 is 17.9 Å². The second-order valence-electron chi connectivity index (χ2n) is 7.13. The van der Waals surface area contributed by atoms with Crippen LogP contribution in [0.25, 0.3) is 0 Å². The van der Waals surface area contributed by atoms with E-state index in [1.807, 2.05) is 18.2 Å². The highest BCUT2D eigenvalue weighted by Gasteiger charge is 2.30. The van der Waals surface area contributed by atoms with Gasteiger partial charge < -0.3 is 9.47 Å². The second kappa shape index (κ2) is 7.90. The summed E-state index contributed by atoms with van der Waals surface area (Å²) < 4.78 is 39.6. The number of hydrogen-bond donors (Lipinski definition) is 0. The Morgan fingerprint density at radius 1 is 0.889 bits per heavy atom. The number of nitrogens with zero attached hydrogens (tertiary/aromatic N) is 1. The van der Waals surface area contributed by atoms with Crippen molar-refractivity contribution in [2.45, 2.75) is 36.5 Å². The van der Waals surface area contributed by atoms with Crippen LogP contribution in [-0.2, 0) is 10.0 Å². The summed E-state index contributed by atoms with van der Waals surface area (Å²) in [5, 5.41) is 0. The molecule has 0 bridgehead atoms. The van der Waals surface area contributed by atoms with Gasteiger partial charge in [0.05, 0.1) is 18.1 Å². The molecule has 2 aromatic rings. The zero-order valence-corrected chi connectivity index (χ0v) is 16.2. The standard InChI is InChI=1S/C21H25NO4S/c23-27(24,19-10-11-20-21(15-19)26-14-6-13-25-20)22-12-5-4-9-18(16-22)17-7-2-1-3-8-17/h1-3,7-8,10-11,15,18H,4-6,9,12-14,16H2. The van der Waals surface area contributed by atoms with Crippen LogP contribution < -0.4 is 9.47 Å². The lowest BCUT2D eigenvalue weighted by Crippen LogP contribution is -2.34. The van der Waals surface area contributed by atoms with Crippen molar-refractivity contribution in [2.75, 3.05) is 26.3 Å². The molecule has 6 heteroatoms. The zero-order valence-electron chi connectivity index (χ0n) is 15.3. The molecule has 2 aliphatic rings. The van der Waals surface area contributed by atoms with Gasteiger partial charge in [-0.1, -0.05) is 36.8 Å². The Morgan fingerprint density at radius 2 is 1.67 bits per heavy atom. The van der Waals surface area contributed by atoms with Gasteiger partial charge in [0, 0.05) is 25.6 Å². The third-order valence-electron chi connectivity index (χ3n) is 5.26. The van der Waals surface area contributed by atoms with E-state index in [1.165, 1.54) is 5.56 Å². The van der Waals surface area contributed by atoms with Crippen LogP contribution in [0, 0.1) is 0 Å². The Kier molecular flexibility index (Phi) is 5.36. The van der Waals surface area contributed by atoms with Gasteiger partial charge in [-0.2, -0.15) is 4.31 Å². The van der Waals surface area contributed by atoms with E-state index in [2.05, 4.69) is 12.1 Å². The predicted molar refractivity (Wildman–Crippen MR) is 104 cm³/mol. The molecular formula is C21H25NO4S. The van der Waals surface area contributed by atoms with E-state index >= 15 is 0 Å². The van der Waals surface area contributed by atoms with Crippen molar-refractivity contribution >= 4 is 10.0 Å². The largest absolute Gasteiger partial charge is 0.490 e. The topological polar surface area (TPSA) is 55.8 Å². The molecule has 1 saturated heterocycles. The predicted octanol–water partition coefficient (Wildman–Crippen LogP) is 3.81. The molecule has 1 atom stereocenters. The average molecular weight is 388 g/mol. The minimum Gasteiger partial charge on any atom is -0.490 e. The van der Waals surface area contributed by atoms with Crippen molar-refractivity contribution in [3.63, 3.8) is 0 Å². The van der Waals surface area contributed by atoms with Gasteiger partial charge in [0.25, 0.3) is 0 Å². The van der Waals surface area contributed by atoms with E-state index in [0.29, 0.717) is 37.8 Å². The molecule has 1 fully saturated rings. The molecule has 2 heterocycles. The molecule has 4 rings (SSSR count). The van der Waals surface area contributed by atoms with Crippen LogP contribution in [0.5, 0.6) is 11.5 Å². The Labute approximate surface area is 161 Å². The van der Waals surface area contributed by atoms with E-state index < -0.39 is 10.0 Å². The van der Waals surface area contributed by atoms with Crippen LogP contribution in [0.3, 0.4) is 0 Å². The fourth-order valence-corrected chi connectivity index (χ4v) is 5.32. The first-order valence-electron chi connectivity index (χ1n) is 9.59. The van der Waals surface area contributed by atoms with Gasteiger partial charge in [-0.05, 0) is 36.5 Å². The van der Waals surface area contributed by atoms with E-state index in [-0.39, 0.29) is 10.8 Å². The molecule has 2 aromatic carbocycles. The van der Waals surface area contributed by atoms with Crippen LogP contribution in [-0.4, -0.2) is 39.0 Å². The maximum absolute atomic E-state index is 13.3. The minimum atomic E-state index is -3.57. The average Bonchev–Trinajstić information content (AvgIpc) is 3.09. The highest BCUT2D eigenvalue weighted by atomic mass is 32.2. The van der Waals surface area contributed by atoms with Crippen molar-refractivity contribution in [1.82, 2.24) is 4.31 Å². The summed E-state index contributed by atoms with van der Waals surface area (Å²) in [6.07, 6.45) is 3.72. The molecule has 0 amide bonds. The van der Waals surface area contributed by atoms with Gasteiger partial charge in [0.15, 0.2) is 11.5 Å². The van der Waals surface area contributed by atoms with E-state index in [4.69, 9.17) is 9.47 Å². The van der Waals surface area contributed by atoms with E-state index in [0.717, 1.165) is 25.7 Å². The number of ether oxygens (including phenoxy) is 2. The fourth-order valence-electron chi connectivity index (χ4n) is 3.78. The second-order valence-corrected chi connectivity index (χ2v) is 9.06. The van der Waals surface area contributed by atoms with Crippen molar-refractivity contribution in [2.24, 2.45) is 0 Å². The van der Waals surface area contributed by atoms with Crippen molar-refractivity contribution in [1.29, 1.82) is 0 Å². The quantitative estimate of drug-likeness (QED) is 0.804. The Bertz CT molecular complexity index is 882. The van der Waals surface area contributed by atoms with Gasteiger partial charge in [0.2, 0.25) is 10.0 Å². The fraction of sp³-hybridized carbons (Fsp3) is 0.429. The first-order chi connectivity index (χ1) is 13.1. The van der Waals surface area contributed by atoms with Gasteiger partial charge in [-0.15, -0.1) is 0 Å². The summed E-state index contributed by atoms with van der Waals surface area (Å²) in [4.78, 5) is 0.278. The van der Waals surface area contributed by atoms with Crippen LogP contribution in [0.4, 0.5) is 0 Å². The molecule has 0 saturated carbocycles. The first-order valence-corrected chi connectivity index (χ1v) is 11.0. The molecule has 144 valence electrons. The summed E-state index contributed by atoms with van der Waals surface area (Å²) in [6.45, 7) is 2.20. The highest BCUT2D eigenvalue weighted by Crippen LogP contribution is 2.34. The zero-order chi connectivity index (χ0) is 18.7. The lowest BCUT2D eigenvalue weighted by Gasteiger charge is -2.24. The SMILES string of the molecule is O=S(=O)(c1ccc2c(c1)OCCCO2)N1CCCCC(c2ccccc2)C1. The van der Waals surface area contributed by atoms with Crippen molar-refractivity contribution in [3.05, 3.63) is 54.1 Å². The van der Waals surface area contributed by atoms with Crippen LogP contribution in [0.15, 0.2) is 53.4 Å². The highest BCUT2D eigenvalue weighted by molar-refractivity contribution is 7.89. The van der Waals surface area contributed by atoms with Crippen LogP contribution in [0.2, 0.25) is 0 Å². The van der Waals surface area contributed by atoms with Gasteiger partial charge in [-0.3, -0.25) is 0 Å². The summed E-state index contributed by atoms with van der Waals surface area (Å²) >= 11 is 0. The molecule has 0 aliphatic carbocycles. The number of rotatable bonds is 3. The first kappa shape index (κ1) is 18.3. The van der Waals surface area contributed by atoms with Gasteiger partial charge in [0.1, 0.15) is 0 Å². The van der Waals surface area contributed by atoms with Gasteiger partial charge >= 0.3 is 0 Å². The Hall–Kier alpha value is -2.05. The Morgan fingerprint density at radius 3 is 2.48 bits per heavy atom. The van der Waals surface area contributed by atoms with Crippen LogP contribution in [0.1, 0.15) is 37.2 Å². The number of fused-ring (bicyclic) bond motifs is 1. The lowest BCUT2D eigenvalue weighted by molar-refractivity contribution is 0.296. The molecule has 0 aromatic heterocycles. The molecule has 5 nitrogen and oxygen atoms in total.